The quantitative estimate of drug-likeness (QED) is 0.186. The molecule has 2 N–H and O–H groups in total. The van der Waals surface area contributed by atoms with E-state index in [1.165, 1.54) is 7.11 Å². The third-order valence-corrected chi connectivity index (χ3v) is 8.59. The molecule has 1 aromatic rings. The van der Waals surface area contributed by atoms with Gasteiger partial charge in [-0.3, -0.25) is 14.4 Å². The summed E-state index contributed by atoms with van der Waals surface area (Å²) in [5, 5.41) is 0. The molecule has 1 rings (SSSR count). The summed E-state index contributed by atoms with van der Waals surface area (Å²) >= 11 is 0. The predicted molar refractivity (Wildman–Crippen MR) is 166 cm³/mol. The molecule has 0 heterocycles. The number of amides is 2. The highest BCUT2D eigenvalue weighted by atomic mass is 16.5. The molecule has 9 heteroatoms. The molecule has 240 valence electrons. The summed E-state index contributed by atoms with van der Waals surface area (Å²) in [6.45, 7) is 12.4. The molecular weight excluding hydrogens is 534 g/mol. The van der Waals surface area contributed by atoms with Gasteiger partial charge in [0.2, 0.25) is 11.8 Å². The van der Waals surface area contributed by atoms with Crippen molar-refractivity contribution in [2.75, 3.05) is 34.9 Å². The largest absolute Gasteiger partial charge is 0.469 e. The first kappa shape index (κ1) is 37.5. The lowest BCUT2D eigenvalue weighted by Gasteiger charge is -2.41. The Morgan fingerprint density at radius 3 is 2.05 bits per heavy atom. The van der Waals surface area contributed by atoms with E-state index in [1.54, 1.807) is 31.1 Å². The van der Waals surface area contributed by atoms with Crippen molar-refractivity contribution in [3.8, 4) is 0 Å². The van der Waals surface area contributed by atoms with Gasteiger partial charge in [0.15, 0.2) is 0 Å². The van der Waals surface area contributed by atoms with Crippen LogP contribution in [0.2, 0.25) is 0 Å². The maximum atomic E-state index is 14.1. The second-order valence-electron chi connectivity index (χ2n) is 11.8. The van der Waals surface area contributed by atoms with Crippen LogP contribution in [0.4, 0.5) is 0 Å². The zero-order valence-corrected chi connectivity index (χ0v) is 27.7. The van der Waals surface area contributed by atoms with E-state index in [1.807, 2.05) is 51.1 Å². The Morgan fingerprint density at radius 1 is 0.952 bits per heavy atom. The molecule has 1 aromatic carbocycles. The fraction of sp³-hybridized carbons (Fsp3) is 0.727. The van der Waals surface area contributed by atoms with Crippen LogP contribution < -0.4 is 5.73 Å². The van der Waals surface area contributed by atoms with Crippen molar-refractivity contribution in [3.05, 3.63) is 35.9 Å². The SMILES string of the molecule is CCCCN(C(=O)CC(OC)C(C(C)CC)N(C)C(=O)[C@@H](N)C(C)C)C(OC)C(C)C(Cc1ccccc1)C(=O)OC. The molecule has 0 aliphatic carbocycles. The van der Waals surface area contributed by atoms with Gasteiger partial charge in [0, 0.05) is 33.7 Å². The average Bonchev–Trinajstić information content (AvgIpc) is 2.99. The van der Waals surface area contributed by atoms with Gasteiger partial charge in [-0.2, -0.15) is 0 Å². The summed E-state index contributed by atoms with van der Waals surface area (Å²) < 4.78 is 17.1. The highest BCUT2D eigenvalue weighted by Gasteiger charge is 2.40. The van der Waals surface area contributed by atoms with E-state index in [2.05, 4.69) is 20.8 Å². The average molecular weight is 592 g/mol. The molecule has 0 fully saturated rings. The molecule has 42 heavy (non-hydrogen) atoms. The summed E-state index contributed by atoms with van der Waals surface area (Å²) in [6, 6.07) is 8.77. The van der Waals surface area contributed by atoms with E-state index in [9.17, 15) is 14.4 Å². The first-order chi connectivity index (χ1) is 19.9. The van der Waals surface area contributed by atoms with Crippen molar-refractivity contribution in [2.24, 2.45) is 29.4 Å². The number of carbonyl (C=O) groups excluding carboxylic acids is 3. The van der Waals surface area contributed by atoms with Crippen LogP contribution in [0.1, 0.15) is 72.8 Å². The van der Waals surface area contributed by atoms with Gasteiger partial charge in [0.05, 0.1) is 37.6 Å². The van der Waals surface area contributed by atoms with Gasteiger partial charge in [-0.15, -0.1) is 0 Å². The molecule has 0 aliphatic rings. The highest BCUT2D eigenvalue weighted by Crippen LogP contribution is 2.29. The van der Waals surface area contributed by atoms with Crippen molar-refractivity contribution >= 4 is 17.8 Å². The summed E-state index contributed by atoms with van der Waals surface area (Å²) in [7, 11) is 6.28. The lowest BCUT2D eigenvalue weighted by atomic mass is 9.85. The standard InChI is InChI=1S/C33H57N3O6/c1-11-13-19-36(32(41-9)24(6)26(33(39)42-10)20-25-17-15-14-16-18-25)28(37)21-27(40-8)30(23(5)12-2)35(7)31(38)29(34)22(3)4/h14-18,22-24,26-27,29-30,32H,11-13,19-21,34H2,1-10H3/t23?,24?,26?,27?,29-,30?,32?/m0/s1. The number of methoxy groups -OCH3 is 3. The van der Waals surface area contributed by atoms with Gasteiger partial charge < -0.3 is 29.7 Å². The molecule has 0 saturated heterocycles. The van der Waals surface area contributed by atoms with E-state index >= 15 is 0 Å². The van der Waals surface area contributed by atoms with Gasteiger partial charge in [0.1, 0.15) is 6.23 Å². The molecule has 0 aliphatic heterocycles. The lowest BCUT2D eigenvalue weighted by molar-refractivity contribution is -0.163. The van der Waals surface area contributed by atoms with Gasteiger partial charge in [-0.1, -0.05) is 84.7 Å². The van der Waals surface area contributed by atoms with Crippen molar-refractivity contribution in [3.63, 3.8) is 0 Å². The highest BCUT2D eigenvalue weighted by molar-refractivity contribution is 5.82. The summed E-state index contributed by atoms with van der Waals surface area (Å²) in [5.41, 5.74) is 7.24. The van der Waals surface area contributed by atoms with E-state index < -0.39 is 24.3 Å². The smallest absolute Gasteiger partial charge is 0.309 e. The Kier molecular flexibility index (Phi) is 16.9. The normalized spacial score (nSPS) is 16.6. The predicted octanol–water partition coefficient (Wildman–Crippen LogP) is 4.52. The monoisotopic (exact) mass is 591 g/mol. The van der Waals surface area contributed by atoms with Gasteiger partial charge in [0.25, 0.3) is 0 Å². The van der Waals surface area contributed by atoms with Crippen LogP contribution in [-0.4, -0.2) is 86.9 Å². The fourth-order valence-electron chi connectivity index (χ4n) is 5.59. The third-order valence-electron chi connectivity index (χ3n) is 8.59. The minimum atomic E-state index is -0.662. The number of esters is 1. The lowest BCUT2D eigenvalue weighted by Crippen LogP contribution is -2.56. The van der Waals surface area contributed by atoms with Crippen LogP contribution in [0.5, 0.6) is 0 Å². The number of likely N-dealkylation sites (N-methyl/N-ethyl adjacent to an activating group) is 1. The second kappa shape index (κ2) is 18.9. The summed E-state index contributed by atoms with van der Waals surface area (Å²) in [6.07, 6.45) is 1.75. The Labute approximate surface area is 254 Å². The van der Waals surface area contributed by atoms with E-state index in [-0.39, 0.29) is 48.0 Å². The minimum absolute atomic E-state index is 0.0210. The number of benzene rings is 1. The zero-order chi connectivity index (χ0) is 32.0. The topological polar surface area (TPSA) is 111 Å². The van der Waals surface area contributed by atoms with E-state index in [4.69, 9.17) is 19.9 Å². The first-order valence-corrected chi connectivity index (χ1v) is 15.4. The van der Waals surface area contributed by atoms with Crippen molar-refractivity contribution in [2.45, 2.75) is 98.1 Å². The van der Waals surface area contributed by atoms with Crippen LogP contribution >= 0.6 is 0 Å². The molecule has 0 radical (unpaired) electrons. The number of carbonyl (C=O) groups is 3. The van der Waals surface area contributed by atoms with Gasteiger partial charge in [-0.05, 0) is 30.2 Å². The molecular formula is C33H57N3O6. The van der Waals surface area contributed by atoms with Crippen molar-refractivity contribution in [1.29, 1.82) is 0 Å². The Hall–Kier alpha value is -2.49. The van der Waals surface area contributed by atoms with Gasteiger partial charge >= 0.3 is 5.97 Å². The summed E-state index contributed by atoms with van der Waals surface area (Å²) in [5.74, 6) is -1.50. The first-order valence-electron chi connectivity index (χ1n) is 15.4. The molecule has 0 aromatic heterocycles. The maximum Gasteiger partial charge on any atom is 0.309 e. The number of ether oxygens (including phenoxy) is 3. The molecule has 9 nitrogen and oxygen atoms in total. The Morgan fingerprint density at radius 2 is 1.57 bits per heavy atom. The van der Waals surface area contributed by atoms with Gasteiger partial charge in [-0.25, -0.2) is 0 Å². The Bertz CT molecular complexity index is 943. The van der Waals surface area contributed by atoms with Crippen molar-refractivity contribution in [1.82, 2.24) is 9.80 Å². The van der Waals surface area contributed by atoms with E-state index in [0.717, 1.165) is 24.8 Å². The number of hydrogen-bond donors (Lipinski definition) is 1. The molecule has 0 saturated carbocycles. The summed E-state index contributed by atoms with van der Waals surface area (Å²) in [4.78, 5) is 43.8. The molecule has 6 unspecified atom stereocenters. The number of rotatable bonds is 19. The van der Waals surface area contributed by atoms with Crippen LogP contribution in [0.25, 0.3) is 0 Å². The number of nitrogens with zero attached hydrogens (tertiary/aromatic N) is 2. The van der Waals surface area contributed by atoms with Crippen LogP contribution in [0.3, 0.4) is 0 Å². The molecule has 0 bridgehead atoms. The van der Waals surface area contributed by atoms with Crippen LogP contribution in [0, 0.1) is 23.7 Å². The Balaban J connectivity index is 3.38. The van der Waals surface area contributed by atoms with E-state index in [0.29, 0.717) is 13.0 Å². The number of hydrogen-bond acceptors (Lipinski definition) is 7. The fourth-order valence-corrected chi connectivity index (χ4v) is 5.59. The molecule has 2 amide bonds. The minimum Gasteiger partial charge on any atom is -0.469 e. The molecule has 0 spiro atoms. The second-order valence-corrected chi connectivity index (χ2v) is 11.8. The number of nitrogens with two attached hydrogens (primary N) is 1. The van der Waals surface area contributed by atoms with Crippen LogP contribution in [0.15, 0.2) is 30.3 Å². The molecule has 7 atom stereocenters. The van der Waals surface area contributed by atoms with Crippen molar-refractivity contribution < 1.29 is 28.6 Å². The zero-order valence-electron chi connectivity index (χ0n) is 27.7. The van der Waals surface area contributed by atoms with Crippen LogP contribution in [-0.2, 0) is 35.0 Å². The number of unbranched alkanes of at least 4 members (excludes halogenated alkanes) is 1. The maximum absolute atomic E-state index is 14.1. The third kappa shape index (κ3) is 10.3.